The van der Waals surface area contributed by atoms with Crippen LogP contribution in [0.1, 0.15) is 21.5 Å². The molecule has 3 rings (SSSR count). The number of hydrogen-bond donors (Lipinski definition) is 1. The van der Waals surface area contributed by atoms with Gasteiger partial charge in [-0.3, -0.25) is 4.79 Å². The first kappa shape index (κ1) is 22.4. The second-order valence-electron chi connectivity index (χ2n) is 6.11. The van der Waals surface area contributed by atoms with Gasteiger partial charge in [0.2, 0.25) is 0 Å². The van der Waals surface area contributed by atoms with Gasteiger partial charge in [-0.2, -0.15) is 5.10 Å². The molecule has 0 saturated carbocycles. The van der Waals surface area contributed by atoms with Crippen molar-refractivity contribution in [3.63, 3.8) is 0 Å². The molecule has 0 heterocycles. The Kier molecular flexibility index (Phi) is 7.95. The van der Waals surface area contributed by atoms with Crippen molar-refractivity contribution in [2.24, 2.45) is 5.10 Å². The molecule has 0 radical (unpaired) electrons. The van der Waals surface area contributed by atoms with Crippen molar-refractivity contribution in [3.05, 3.63) is 91.0 Å². The Bertz CT molecular complexity index is 1070. The number of nitrogens with one attached hydrogen (secondary N) is 1. The second-order valence-corrected chi connectivity index (χ2v) is 8.17. The summed E-state index contributed by atoms with van der Waals surface area (Å²) < 4.78 is 12.2. The zero-order chi connectivity index (χ0) is 21.5. The number of rotatable bonds is 7. The molecule has 0 fully saturated rings. The molecule has 0 atom stereocenters. The molecule has 1 amide bonds. The second kappa shape index (κ2) is 10.7. The molecule has 0 unspecified atom stereocenters. The smallest absolute Gasteiger partial charge is 0.271 e. The third-order valence-electron chi connectivity index (χ3n) is 4.09. The van der Waals surface area contributed by atoms with Crippen molar-refractivity contribution in [2.75, 3.05) is 7.11 Å². The highest BCUT2D eigenvalue weighted by atomic mass is 127. The van der Waals surface area contributed by atoms with Gasteiger partial charge < -0.3 is 9.47 Å². The molecule has 3 aromatic rings. The van der Waals surface area contributed by atoms with Crippen LogP contribution < -0.4 is 14.9 Å². The van der Waals surface area contributed by atoms with Crippen molar-refractivity contribution >= 4 is 57.9 Å². The third kappa shape index (κ3) is 5.87. The van der Waals surface area contributed by atoms with Gasteiger partial charge in [0.25, 0.3) is 5.91 Å². The lowest BCUT2D eigenvalue weighted by atomic mass is 10.2. The van der Waals surface area contributed by atoms with Gasteiger partial charge in [0.15, 0.2) is 11.5 Å². The first-order chi connectivity index (χ1) is 14.5. The maximum atomic E-state index is 12.1. The number of amides is 1. The number of hydrazone groups is 1. The topological polar surface area (TPSA) is 59.9 Å². The van der Waals surface area contributed by atoms with Crippen LogP contribution in [0.15, 0.2) is 65.8 Å². The van der Waals surface area contributed by atoms with Crippen LogP contribution in [0, 0.1) is 3.57 Å². The van der Waals surface area contributed by atoms with Gasteiger partial charge in [-0.25, -0.2) is 5.43 Å². The molecule has 0 spiro atoms. The Morgan fingerprint density at radius 2 is 1.80 bits per heavy atom. The highest BCUT2D eigenvalue weighted by molar-refractivity contribution is 14.1. The highest BCUT2D eigenvalue weighted by Gasteiger charge is 2.10. The van der Waals surface area contributed by atoms with E-state index in [1.807, 2.05) is 12.1 Å². The summed E-state index contributed by atoms with van der Waals surface area (Å²) in [6, 6.07) is 17.8. The van der Waals surface area contributed by atoms with Gasteiger partial charge in [0, 0.05) is 24.7 Å². The monoisotopic (exact) mass is 554 g/mol. The summed E-state index contributed by atoms with van der Waals surface area (Å²) in [4.78, 5) is 12.1. The van der Waals surface area contributed by atoms with E-state index in [4.69, 9.17) is 32.7 Å². The van der Waals surface area contributed by atoms with Gasteiger partial charge in [-0.15, -0.1) is 0 Å². The minimum Gasteiger partial charge on any atom is -0.493 e. The summed E-state index contributed by atoms with van der Waals surface area (Å²) in [5, 5.41) is 5.08. The molecule has 0 aromatic heterocycles. The molecule has 0 aliphatic carbocycles. The number of halogens is 3. The summed E-state index contributed by atoms with van der Waals surface area (Å²) >= 11 is 14.5. The Hall–Kier alpha value is -2.29. The SMILES string of the molecule is COc1cc(/C=N\NC(=O)c2cccc(I)c2)ccc1OCc1c(Cl)cccc1Cl. The molecule has 30 heavy (non-hydrogen) atoms. The molecule has 3 aromatic carbocycles. The predicted molar refractivity (Wildman–Crippen MR) is 128 cm³/mol. The van der Waals surface area contributed by atoms with Gasteiger partial charge in [-0.05, 0) is 76.7 Å². The summed E-state index contributed by atoms with van der Waals surface area (Å²) in [7, 11) is 1.55. The fourth-order valence-corrected chi connectivity index (χ4v) is 3.61. The van der Waals surface area contributed by atoms with Crippen molar-refractivity contribution in [1.29, 1.82) is 0 Å². The van der Waals surface area contributed by atoms with Crippen molar-refractivity contribution < 1.29 is 14.3 Å². The van der Waals surface area contributed by atoms with E-state index in [0.29, 0.717) is 32.7 Å². The average molecular weight is 555 g/mol. The molecular formula is C22H17Cl2IN2O3. The lowest BCUT2D eigenvalue weighted by Gasteiger charge is -2.13. The minimum absolute atomic E-state index is 0.203. The zero-order valence-corrected chi connectivity index (χ0v) is 19.5. The lowest BCUT2D eigenvalue weighted by Crippen LogP contribution is -2.17. The van der Waals surface area contributed by atoms with Crippen molar-refractivity contribution in [2.45, 2.75) is 6.61 Å². The molecule has 5 nitrogen and oxygen atoms in total. The van der Waals surface area contributed by atoms with Gasteiger partial charge >= 0.3 is 0 Å². The van der Waals surface area contributed by atoms with E-state index in [1.165, 1.54) is 6.21 Å². The van der Waals surface area contributed by atoms with E-state index in [1.54, 1.807) is 55.6 Å². The number of methoxy groups -OCH3 is 1. The molecular weight excluding hydrogens is 538 g/mol. The molecule has 0 aliphatic heterocycles. The predicted octanol–water partition coefficient (Wildman–Crippen LogP) is 5.95. The van der Waals surface area contributed by atoms with Crippen LogP contribution in [0.5, 0.6) is 11.5 Å². The molecule has 0 aliphatic rings. The molecule has 1 N–H and O–H groups in total. The molecule has 0 bridgehead atoms. The number of carbonyl (C=O) groups excluding carboxylic acids is 1. The van der Waals surface area contributed by atoms with Gasteiger partial charge in [-0.1, -0.05) is 35.3 Å². The van der Waals surface area contributed by atoms with E-state index < -0.39 is 0 Å². The number of hydrogen-bond acceptors (Lipinski definition) is 4. The summed E-state index contributed by atoms with van der Waals surface area (Å²) in [6.45, 7) is 0.203. The highest BCUT2D eigenvalue weighted by Crippen LogP contribution is 2.31. The third-order valence-corrected chi connectivity index (χ3v) is 5.47. The van der Waals surface area contributed by atoms with E-state index in [9.17, 15) is 4.79 Å². The minimum atomic E-state index is -0.284. The van der Waals surface area contributed by atoms with Crippen LogP contribution in [-0.2, 0) is 6.61 Å². The molecule has 8 heteroatoms. The van der Waals surface area contributed by atoms with E-state index in [0.717, 1.165) is 9.13 Å². The number of nitrogens with zero attached hydrogens (tertiary/aromatic N) is 1. The van der Waals surface area contributed by atoms with Crippen molar-refractivity contribution in [3.8, 4) is 11.5 Å². The number of carbonyl (C=O) groups is 1. The zero-order valence-electron chi connectivity index (χ0n) is 15.9. The van der Waals surface area contributed by atoms with Gasteiger partial charge in [0.05, 0.1) is 13.3 Å². The quantitative estimate of drug-likeness (QED) is 0.223. The largest absolute Gasteiger partial charge is 0.493 e. The Morgan fingerprint density at radius 3 is 2.50 bits per heavy atom. The van der Waals surface area contributed by atoms with Crippen LogP contribution in [0.4, 0.5) is 0 Å². The molecule has 154 valence electrons. The van der Waals surface area contributed by atoms with E-state index >= 15 is 0 Å². The van der Waals surface area contributed by atoms with Crippen molar-refractivity contribution in [1.82, 2.24) is 5.43 Å². The normalized spacial score (nSPS) is 10.8. The first-order valence-electron chi connectivity index (χ1n) is 8.80. The van der Waals surface area contributed by atoms with Crippen LogP contribution in [0.25, 0.3) is 0 Å². The maximum absolute atomic E-state index is 12.1. The summed E-state index contributed by atoms with van der Waals surface area (Å²) in [6.07, 6.45) is 1.53. The summed E-state index contributed by atoms with van der Waals surface area (Å²) in [5.74, 6) is 0.771. The van der Waals surface area contributed by atoms with E-state index in [2.05, 4.69) is 33.1 Å². The van der Waals surface area contributed by atoms with Crippen LogP contribution in [0.2, 0.25) is 10.0 Å². The fourth-order valence-electron chi connectivity index (χ4n) is 2.56. The average Bonchev–Trinajstić information content (AvgIpc) is 2.74. The molecule has 0 saturated heterocycles. The van der Waals surface area contributed by atoms with Gasteiger partial charge in [0.1, 0.15) is 6.61 Å². The van der Waals surface area contributed by atoms with E-state index in [-0.39, 0.29) is 12.5 Å². The van der Waals surface area contributed by atoms with Crippen LogP contribution in [0.3, 0.4) is 0 Å². The Balaban J connectivity index is 1.66. The van der Waals surface area contributed by atoms with Crippen LogP contribution in [-0.4, -0.2) is 19.2 Å². The standard InChI is InChI=1S/C22H17Cl2IN2O3/c1-29-21-10-14(12-26-27-22(28)15-4-2-5-16(25)11-15)8-9-20(21)30-13-17-18(23)6-3-7-19(17)24/h2-12H,13H2,1H3,(H,27,28)/b26-12-. The fraction of sp³-hybridized carbons (Fsp3) is 0.0909. The number of benzene rings is 3. The first-order valence-corrected chi connectivity index (χ1v) is 10.6. The summed E-state index contributed by atoms with van der Waals surface area (Å²) in [5.41, 5.74) is 4.49. The maximum Gasteiger partial charge on any atom is 0.271 e. The number of ether oxygens (including phenoxy) is 2. The lowest BCUT2D eigenvalue weighted by molar-refractivity contribution is 0.0955. The Morgan fingerprint density at radius 1 is 1.07 bits per heavy atom. The van der Waals surface area contributed by atoms with Crippen LogP contribution >= 0.6 is 45.8 Å². The Labute approximate surface area is 198 Å².